The molecule has 0 unspecified atom stereocenters. The fourth-order valence-electron chi connectivity index (χ4n) is 2.40. The lowest BCUT2D eigenvalue weighted by atomic mass is 9.98. The summed E-state index contributed by atoms with van der Waals surface area (Å²) < 4.78 is 0. The minimum absolute atomic E-state index is 0. The van der Waals surface area contributed by atoms with E-state index in [0.29, 0.717) is 11.9 Å². The van der Waals surface area contributed by atoms with Gasteiger partial charge in [0.05, 0.1) is 5.92 Å². The molecule has 0 aromatic heterocycles. The average Bonchev–Trinajstić information content (AvgIpc) is 3.10. The van der Waals surface area contributed by atoms with Gasteiger partial charge < -0.3 is 10.2 Å². The Hall–Kier alpha value is -0.280. The largest absolute Gasteiger partial charge is 0.339 e. The third-order valence-corrected chi connectivity index (χ3v) is 3.38. The van der Waals surface area contributed by atoms with Crippen molar-refractivity contribution in [1.29, 1.82) is 0 Å². The molecule has 2 rings (SSSR count). The van der Waals surface area contributed by atoms with Crippen LogP contribution in [0.1, 0.15) is 39.0 Å². The van der Waals surface area contributed by atoms with Crippen molar-refractivity contribution in [3.63, 3.8) is 0 Å². The lowest BCUT2D eigenvalue weighted by Gasteiger charge is -2.29. The van der Waals surface area contributed by atoms with Gasteiger partial charge in [-0.3, -0.25) is 4.79 Å². The van der Waals surface area contributed by atoms with E-state index in [1.54, 1.807) is 0 Å². The van der Waals surface area contributed by atoms with Crippen LogP contribution in [0.25, 0.3) is 0 Å². The van der Waals surface area contributed by atoms with E-state index < -0.39 is 0 Å². The number of carbonyl (C=O) groups is 1. The van der Waals surface area contributed by atoms with Gasteiger partial charge in [-0.1, -0.05) is 6.92 Å². The second-order valence-corrected chi connectivity index (χ2v) is 4.81. The maximum absolute atomic E-state index is 12.3. The Bertz CT molecular complexity index is 225. The second kappa shape index (κ2) is 6.45. The molecule has 0 bridgehead atoms. The Morgan fingerprint density at radius 2 is 2.12 bits per heavy atom. The van der Waals surface area contributed by atoms with Gasteiger partial charge in [-0.15, -0.1) is 12.4 Å². The van der Waals surface area contributed by atoms with Gasteiger partial charge in [-0.2, -0.15) is 0 Å². The fourth-order valence-corrected chi connectivity index (χ4v) is 2.40. The molecule has 1 aliphatic carbocycles. The van der Waals surface area contributed by atoms with E-state index in [1.807, 2.05) is 0 Å². The smallest absolute Gasteiger partial charge is 0.227 e. The summed E-state index contributed by atoms with van der Waals surface area (Å²) in [7, 11) is 0. The van der Waals surface area contributed by atoms with Crippen LogP contribution in [0.3, 0.4) is 0 Å². The Morgan fingerprint density at radius 3 is 2.62 bits per heavy atom. The fraction of sp³-hybridized carbons (Fsp3) is 0.917. The molecule has 1 saturated carbocycles. The van der Waals surface area contributed by atoms with Gasteiger partial charge in [0.15, 0.2) is 0 Å². The first-order valence-electron chi connectivity index (χ1n) is 6.34. The molecule has 94 valence electrons. The number of halogens is 1. The predicted molar refractivity (Wildman–Crippen MR) is 67.9 cm³/mol. The van der Waals surface area contributed by atoms with E-state index in [4.69, 9.17) is 0 Å². The molecule has 0 aromatic carbocycles. The number of hydrogen-bond donors (Lipinski definition) is 1. The van der Waals surface area contributed by atoms with E-state index in [-0.39, 0.29) is 18.3 Å². The third-order valence-electron chi connectivity index (χ3n) is 3.38. The molecule has 3 nitrogen and oxygen atoms in total. The van der Waals surface area contributed by atoms with Crippen LogP contribution in [0.15, 0.2) is 0 Å². The van der Waals surface area contributed by atoms with Crippen LogP contribution < -0.4 is 5.32 Å². The van der Waals surface area contributed by atoms with Gasteiger partial charge in [-0.25, -0.2) is 0 Å². The van der Waals surface area contributed by atoms with Crippen molar-refractivity contribution in [2.45, 2.75) is 45.1 Å². The molecule has 1 N–H and O–H groups in total. The third kappa shape index (κ3) is 3.36. The highest BCUT2D eigenvalue weighted by molar-refractivity contribution is 5.85. The zero-order chi connectivity index (χ0) is 10.7. The van der Waals surface area contributed by atoms with Gasteiger partial charge in [0, 0.05) is 19.1 Å². The zero-order valence-electron chi connectivity index (χ0n) is 10.1. The minimum Gasteiger partial charge on any atom is -0.339 e. The number of rotatable bonds is 4. The van der Waals surface area contributed by atoms with Crippen molar-refractivity contribution in [2.75, 3.05) is 19.6 Å². The van der Waals surface area contributed by atoms with Crippen molar-refractivity contribution in [1.82, 2.24) is 10.2 Å². The van der Waals surface area contributed by atoms with Crippen molar-refractivity contribution in [2.24, 2.45) is 5.92 Å². The van der Waals surface area contributed by atoms with Gasteiger partial charge in [0.2, 0.25) is 5.91 Å². The molecule has 1 heterocycles. The van der Waals surface area contributed by atoms with Gasteiger partial charge in [-0.05, 0) is 38.6 Å². The SMILES string of the molecule is CCCN(C(=O)[C@@H]1CCCNC1)C1CC1.Cl. The molecule has 1 atom stereocenters. The second-order valence-electron chi connectivity index (χ2n) is 4.81. The van der Waals surface area contributed by atoms with Gasteiger partial charge in [0.25, 0.3) is 0 Å². The first kappa shape index (κ1) is 13.8. The molecule has 2 aliphatic rings. The number of nitrogens with zero attached hydrogens (tertiary/aromatic N) is 1. The van der Waals surface area contributed by atoms with Crippen LogP contribution in [-0.4, -0.2) is 36.5 Å². The molecule has 4 heteroatoms. The first-order valence-corrected chi connectivity index (χ1v) is 6.34. The Balaban J connectivity index is 0.00000128. The van der Waals surface area contributed by atoms with E-state index >= 15 is 0 Å². The molecule has 2 fully saturated rings. The predicted octanol–water partition coefficient (Wildman–Crippen LogP) is 1.81. The highest BCUT2D eigenvalue weighted by Crippen LogP contribution is 2.29. The number of piperidine rings is 1. The number of carbonyl (C=O) groups excluding carboxylic acids is 1. The highest BCUT2D eigenvalue weighted by atomic mass is 35.5. The van der Waals surface area contributed by atoms with Crippen molar-refractivity contribution >= 4 is 18.3 Å². The number of nitrogens with one attached hydrogen (secondary N) is 1. The van der Waals surface area contributed by atoms with E-state index in [1.165, 1.54) is 12.8 Å². The molecular weight excluding hydrogens is 224 g/mol. The summed E-state index contributed by atoms with van der Waals surface area (Å²) in [6, 6.07) is 0.583. The monoisotopic (exact) mass is 246 g/mol. The van der Waals surface area contributed by atoms with Crippen LogP contribution >= 0.6 is 12.4 Å². The molecule has 0 spiro atoms. The highest BCUT2D eigenvalue weighted by Gasteiger charge is 2.35. The molecular formula is C12H23ClN2O. The minimum atomic E-state index is 0. The summed E-state index contributed by atoms with van der Waals surface area (Å²) in [5.41, 5.74) is 0. The van der Waals surface area contributed by atoms with Crippen molar-refractivity contribution < 1.29 is 4.79 Å². The lowest BCUT2D eigenvalue weighted by Crippen LogP contribution is -2.44. The van der Waals surface area contributed by atoms with Crippen LogP contribution in [-0.2, 0) is 4.79 Å². The molecule has 0 aromatic rings. The van der Waals surface area contributed by atoms with Crippen molar-refractivity contribution in [3.05, 3.63) is 0 Å². The molecule has 0 radical (unpaired) electrons. The Morgan fingerprint density at radius 1 is 1.38 bits per heavy atom. The summed E-state index contributed by atoms with van der Waals surface area (Å²) in [6.45, 7) is 5.09. The van der Waals surface area contributed by atoms with Gasteiger partial charge in [0.1, 0.15) is 0 Å². The maximum Gasteiger partial charge on any atom is 0.227 e. The summed E-state index contributed by atoms with van der Waals surface area (Å²) in [6.07, 6.45) is 5.78. The maximum atomic E-state index is 12.3. The standard InChI is InChI=1S/C12H22N2O.ClH/c1-2-8-14(11-5-6-11)12(15)10-4-3-7-13-9-10;/h10-11,13H,2-9H2,1H3;1H/t10-;/m1./s1. The van der Waals surface area contributed by atoms with E-state index in [2.05, 4.69) is 17.1 Å². The zero-order valence-corrected chi connectivity index (χ0v) is 10.9. The Labute approximate surface area is 104 Å². The molecule has 1 amide bonds. The molecule has 1 aliphatic heterocycles. The summed E-state index contributed by atoms with van der Waals surface area (Å²) >= 11 is 0. The topological polar surface area (TPSA) is 32.3 Å². The van der Waals surface area contributed by atoms with Crippen molar-refractivity contribution in [3.8, 4) is 0 Å². The van der Waals surface area contributed by atoms with Crippen LogP contribution in [0, 0.1) is 5.92 Å². The summed E-state index contributed by atoms with van der Waals surface area (Å²) in [5.74, 6) is 0.664. The normalized spacial score (nSPS) is 24.7. The van der Waals surface area contributed by atoms with Crippen LogP contribution in [0.5, 0.6) is 0 Å². The summed E-state index contributed by atoms with van der Waals surface area (Å²) in [5, 5.41) is 3.32. The first-order chi connectivity index (χ1) is 7.33. The Kier molecular flexibility index (Phi) is 5.56. The number of amides is 1. The van der Waals surface area contributed by atoms with Crippen LogP contribution in [0.4, 0.5) is 0 Å². The van der Waals surface area contributed by atoms with Crippen LogP contribution in [0.2, 0.25) is 0 Å². The van der Waals surface area contributed by atoms with Gasteiger partial charge >= 0.3 is 0 Å². The van der Waals surface area contributed by atoms with E-state index in [9.17, 15) is 4.79 Å². The summed E-state index contributed by atoms with van der Waals surface area (Å²) in [4.78, 5) is 14.4. The molecule has 16 heavy (non-hydrogen) atoms. The molecule has 1 saturated heterocycles. The number of hydrogen-bond acceptors (Lipinski definition) is 2. The quantitative estimate of drug-likeness (QED) is 0.821. The average molecular weight is 247 g/mol. The lowest BCUT2D eigenvalue weighted by molar-refractivity contribution is -0.136. The van der Waals surface area contributed by atoms with E-state index in [0.717, 1.165) is 38.9 Å².